The summed E-state index contributed by atoms with van der Waals surface area (Å²) in [5, 5.41) is 20.3. The first-order valence-electron chi connectivity index (χ1n) is 14.3. The minimum absolute atomic E-state index is 0.123. The van der Waals surface area contributed by atoms with E-state index < -0.39 is 5.44 Å². The molecule has 2 aliphatic rings. The van der Waals surface area contributed by atoms with E-state index in [9.17, 15) is 9.65 Å². The molecule has 1 saturated carbocycles. The Morgan fingerprint density at radius 3 is 2.49 bits per heavy atom. The molecule has 2 unspecified atom stereocenters. The minimum Gasteiger partial charge on any atom is -0.378 e. The first kappa shape index (κ1) is 28.8. The smallest absolute Gasteiger partial charge is 0.123 e. The number of pyridine rings is 1. The first-order valence-corrected chi connectivity index (χ1v) is 14.6. The topological polar surface area (TPSA) is 88.0 Å². The number of halogens is 2. The van der Waals surface area contributed by atoms with Crippen LogP contribution in [0.15, 0.2) is 84.8 Å². The van der Waals surface area contributed by atoms with E-state index in [0.717, 1.165) is 18.4 Å². The van der Waals surface area contributed by atoms with E-state index in [0.29, 0.717) is 50.2 Å². The van der Waals surface area contributed by atoms with Gasteiger partial charge in [-0.15, -0.1) is 5.53 Å². The molecule has 0 spiro atoms. The summed E-state index contributed by atoms with van der Waals surface area (Å²) in [6.07, 6.45) is 5.66. The van der Waals surface area contributed by atoms with Gasteiger partial charge >= 0.3 is 0 Å². The average molecular weight is 592 g/mol. The molecule has 1 fully saturated rings. The number of hydrogen-bond donors (Lipinski definition) is 4. The van der Waals surface area contributed by atoms with Crippen molar-refractivity contribution in [1.29, 1.82) is 5.26 Å². The van der Waals surface area contributed by atoms with Gasteiger partial charge in [0.2, 0.25) is 0 Å². The van der Waals surface area contributed by atoms with E-state index in [1.54, 1.807) is 24.4 Å². The van der Waals surface area contributed by atoms with Crippen molar-refractivity contribution >= 4 is 41.7 Å². The maximum Gasteiger partial charge on any atom is 0.123 e. The maximum absolute atomic E-state index is 13.9. The highest BCUT2D eigenvalue weighted by molar-refractivity contribution is 6.36. The molecular formula is C33H32BClFN7. The van der Waals surface area contributed by atoms with Crippen molar-refractivity contribution < 1.29 is 4.39 Å². The van der Waals surface area contributed by atoms with Crippen molar-refractivity contribution in [2.24, 2.45) is 5.41 Å². The number of hydrazine groups is 2. The summed E-state index contributed by atoms with van der Waals surface area (Å²) in [7, 11) is 7.13. The van der Waals surface area contributed by atoms with Gasteiger partial charge < -0.3 is 16.1 Å². The molecule has 10 heteroatoms. The Kier molecular flexibility index (Phi) is 7.45. The van der Waals surface area contributed by atoms with Crippen LogP contribution in [0, 0.1) is 22.6 Å². The number of nitrogens with zero attached hydrogens (tertiary/aromatic N) is 3. The number of benzene rings is 3. The maximum atomic E-state index is 13.9. The van der Waals surface area contributed by atoms with E-state index in [-0.39, 0.29) is 17.3 Å². The largest absolute Gasteiger partial charge is 0.378 e. The summed E-state index contributed by atoms with van der Waals surface area (Å²) in [6, 6.07) is 22.5. The lowest BCUT2D eigenvalue weighted by atomic mass is 9.69. The van der Waals surface area contributed by atoms with Crippen LogP contribution in [0.3, 0.4) is 0 Å². The third kappa shape index (κ3) is 5.73. The second kappa shape index (κ2) is 11.1. The van der Waals surface area contributed by atoms with E-state index in [2.05, 4.69) is 65.6 Å². The van der Waals surface area contributed by atoms with E-state index in [1.807, 2.05) is 35.5 Å². The van der Waals surface area contributed by atoms with E-state index >= 15 is 0 Å². The molecule has 3 aromatic carbocycles. The van der Waals surface area contributed by atoms with Crippen LogP contribution in [-0.2, 0) is 5.44 Å². The van der Waals surface area contributed by atoms with Crippen LogP contribution >= 0.6 is 11.6 Å². The highest BCUT2D eigenvalue weighted by atomic mass is 35.5. The van der Waals surface area contributed by atoms with Crippen LogP contribution in [0.5, 0.6) is 0 Å². The third-order valence-corrected chi connectivity index (χ3v) is 8.22. The Hall–Kier alpha value is -4.26. The van der Waals surface area contributed by atoms with Crippen LogP contribution in [0.4, 0.5) is 15.8 Å². The molecule has 1 aromatic heterocycles. The Balaban J connectivity index is 1.46. The molecule has 4 aromatic rings. The van der Waals surface area contributed by atoms with E-state index in [4.69, 9.17) is 19.4 Å². The lowest BCUT2D eigenvalue weighted by Gasteiger charge is -2.35. The van der Waals surface area contributed by atoms with Crippen molar-refractivity contribution in [3.8, 4) is 6.07 Å². The van der Waals surface area contributed by atoms with Crippen LogP contribution in [-0.4, -0.2) is 23.9 Å². The molecule has 2 atom stereocenters. The Morgan fingerprint density at radius 2 is 1.84 bits per heavy atom. The van der Waals surface area contributed by atoms with Gasteiger partial charge in [0.25, 0.3) is 0 Å². The normalized spacial score (nSPS) is 17.0. The lowest BCUT2D eigenvalue weighted by molar-refractivity contribution is 0.260. The highest BCUT2D eigenvalue weighted by Gasteiger charge is 2.38. The fourth-order valence-electron chi connectivity index (χ4n) is 5.48. The van der Waals surface area contributed by atoms with Crippen molar-refractivity contribution in [1.82, 2.24) is 21.0 Å². The van der Waals surface area contributed by atoms with Gasteiger partial charge in [-0.3, -0.25) is 9.99 Å². The molecule has 0 saturated heterocycles. The fourth-order valence-corrected chi connectivity index (χ4v) is 5.74. The summed E-state index contributed by atoms with van der Waals surface area (Å²) in [6.45, 7) is 6.46. The second-order valence-corrected chi connectivity index (χ2v) is 12.6. The molecule has 0 bridgehead atoms. The first-order chi connectivity index (χ1) is 20.6. The molecule has 2 heterocycles. The Labute approximate surface area is 257 Å². The number of anilines is 2. The molecule has 1 aliphatic carbocycles. The summed E-state index contributed by atoms with van der Waals surface area (Å²) < 4.78 is 13.9. The second-order valence-electron chi connectivity index (χ2n) is 12.2. The SMILES string of the molecule is [B]C(Nc1cc(Cl)c2ncc(C#N)c(NC(c3ccccc3)C(C)(C)C)c2c1)(C1=CN(C2CC2)NN1)c1ccc(F)cc1. The summed E-state index contributed by atoms with van der Waals surface area (Å²) in [5.74, 6) is -0.358. The van der Waals surface area contributed by atoms with Crippen LogP contribution in [0.25, 0.3) is 10.9 Å². The van der Waals surface area contributed by atoms with Gasteiger partial charge in [-0.25, -0.2) is 4.39 Å². The zero-order chi connectivity index (χ0) is 30.4. The molecule has 6 rings (SSSR count). The molecule has 0 amide bonds. The minimum atomic E-state index is -1.28. The molecule has 7 nitrogen and oxygen atoms in total. The zero-order valence-corrected chi connectivity index (χ0v) is 25.0. The molecule has 216 valence electrons. The lowest BCUT2D eigenvalue weighted by Crippen LogP contribution is -2.45. The Morgan fingerprint density at radius 1 is 1.12 bits per heavy atom. The summed E-state index contributed by atoms with van der Waals surface area (Å²) in [4.78, 5) is 4.54. The third-order valence-electron chi connectivity index (χ3n) is 7.93. The van der Waals surface area contributed by atoms with Crippen molar-refractivity contribution in [3.05, 3.63) is 112 Å². The average Bonchev–Trinajstić information content (AvgIpc) is 3.71. The summed E-state index contributed by atoms with van der Waals surface area (Å²) in [5.41, 5.74) is 9.46. The highest BCUT2D eigenvalue weighted by Crippen LogP contribution is 2.41. The van der Waals surface area contributed by atoms with Gasteiger partial charge in [-0.05, 0) is 53.6 Å². The molecular weight excluding hydrogens is 560 g/mol. The fraction of sp³-hybridized carbons (Fsp3) is 0.273. The van der Waals surface area contributed by atoms with Gasteiger partial charge in [0, 0.05) is 29.5 Å². The molecule has 4 N–H and O–H groups in total. The number of nitriles is 1. The zero-order valence-electron chi connectivity index (χ0n) is 24.2. The van der Waals surface area contributed by atoms with Gasteiger partial charge in [0.1, 0.15) is 19.7 Å². The Bertz CT molecular complexity index is 1730. The standard InChI is InChI=1S/C33H32BClFN7/c1-32(2,3)31(20-7-5-4-6-8-20)39-29-21(17-37)18-38-30-26(29)15-24(16-27(30)35)40-33(34,22-9-11-23(36)12-10-22)28-19-43(42-41-28)25-13-14-25/h4-12,15-16,18-19,25,31,40-42H,13-14H2,1-3H3,(H,38,39). The van der Waals surface area contributed by atoms with Gasteiger partial charge in [-0.1, -0.05) is 74.8 Å². The number of fused-ring (bicyclic) bond motifs is 1. The number of rotatable bonds is 8. The van der Waals surface area contributed by atoms with Gasteiger partial charge in [0.05, 0.1) is 39.0 Å². The van der Waals surface area contributed by atoms with Crippen molar-refractivity contribution in [3.63, 3.8) is 0 Å². The predicted octanol–water partition coefficient (Wildman–Crippen LogP) is 6.86. The van der Waals surface area contributed by atoms with Crippen LogP contribution < -0.4 is 21.6 Å². The van der Waals surface area contributed by atoms with Crippen molar-refractivity contribution in [2.45, 2.75) is 51.1 Å². The van der Waals surface area contributed by atoms with Gasteiger partial charge in [0.15, 0.2) is 0 Å². The molecule has 2 radical (unpaired) electrons. The predicted molar refractivity (Wildman–Crippen MR) is 170 cm³/mol. The molecule has 43 heavy (non-hydrogen) atoms. The van der Waals surface area contributed by atoms with E-state index in [1.165, 1.54) is 12.1 Å². The van der Waals surface area contributed by atoms with Crippen LogP contribution in [0.2, 0.25) is 5.02 Å². The van der Waals surface area contributed by atoms with Crippen molar-refractivity contribution in [2.75, 3.05) is 10.6 Å². The quantitative estimate of drug-likeness (QED) is 0.167. The number of nitrogens with one attached hydrogen (secondary N) is 4. The summed E-state index contributed by atoms with van der Waals surface area (Å²) >= 11 is 6.85. The monoisotopic (exact) mass is 591 g/mol. The number of hydrogen-bond acceptors (Lipinski definition) is 7. The van der Waals surface area contributed by atoms with Gasteiger partial charge in [-0.2, -0.15) is 5.26 Å². The molecule has 1 aliphatic heterocycles. The van der Waals surface area contributed by atoms with Crippen LogP contribution in [0.1, 0.15) is 56.3 Å². The number of aromatic nitrogens is 1.